The van der Waals surface area contributed by atoms with Crippen LogP contribution in [0.25, 0.3) is 0 Å². The van der Waals surface area contributed by atoms with Crippen molar-refractivity contribution in [2.45, 2.75) is 25.3 Å². The number of nitrogens with one attached hydrogen (secondary N) is 2. The molecule has 1 unspecified atom stereocenters. The van der Waals surface area contributed by atoms with Gasteiger partial charge in [-0.3, -0.25) is 4.79 Å². The summed E-state index contributed by atoms with van der Waals surface area (Å²) in [6.07, 6.45) is 2.65. The number of nitrogens with zero attached hydrogens (tertiary/aromatic N) is 4. The summed E-state index contributed by atoms with van der Waals surface area (Å²) in [4.78, 5) is 21.8. The van der Waals surface area contributed by atoms with E-state index in [4.69, 9.17) is 5.26 Å². The molecule has 1 aromatic heterocycles. The minimum atomic E-state index is -0.559. The van der Waals surface area contributed by atoms with Crippen molar-refractivity contribution >= 4 is 23.4 Å². The lowest BCUT2D eigenvalue weighted by atomic mass is 10.2. The fourth-order valence-corrected chi connectivity index (χ4v) is 2.96. The number of para-hydroxylation sites is 1. The molecule has 8 heteroatoms. The van der Waals surface area contributed by atoms with Crippen molar-refractivity contribution in [2.24, 2.45) is 0 Å². The maximum absolute atomic E-state index is 14.0. The van der Waals surface area contributed by atoms with Gasteiger partial charge in [0.05, 0.1) is 12.3 Å². The Morgan fingerprint density at radius 2 is 2.19 bits per heavy atom. The second kappa shape index (κ2) is 8.25. The number of amides is 1. The number of anilines is 3. The molecule has 1 atom stereocenters. The standard InChI is InChI=1S/C18H19FN6O/c19-15-12-22-18(23-13-5-2-1-3-6-13)24-17(15)21-11-14-7-4-10-25(14)16(26)8-9-20/h1-3,5-6,12,14H,4,7-8,10-11H2,(H2,21,22,23,24). The topological polar surface area (TPSA) is 93.9 Å². The van der Waals surface area contributed by atoms with E-state index in [1.807, 2.05) is 36.4 Å². The van der Waals surface area contributed by atoms with Gasteiger partial charge in [-0.05, 0) is 25.0 Å². The van der Waals surface area contributed by atoms with E-state index in [9.17, 15) is 9.18 Å². The number of halogens is 1. The lowest BCUT2D eigenvalue weighted by molar-refractivity contribution is -0.130. The highest BCUT2D eigenvalue weighted by molar-refractivity contribution is 5.78. The Kier molecular flexibility index (Phi) is 5.59. The van der Waals surface area contributed by atoms with Gasteiger partial charge in [0, 0.05) is 24.8 Å². The molecule has 1 aliphatic rings. The fourth-order valence-electron chi connectivity index (χ4n) is 2.96. The highest BCUT2D eigenvalue weighted by Gasteiger charge is 2.28. The summed E-state index contributed by atoms with van der Waals surface area (Å²) in [6, 6.07) is 11.2. The van der Waals surface area contributed by atoms with E-state index in [2.05, 4.69) is 20.6 Å². The van der Waals surface area contributed by atoms with Gasteiger partial charge in [0.25, 0.3) is 0 Å². The maximum atomic E-state index is 14.0. The van der Waals surface area contributed by atoms with E-state index < -0.39 is 5.82 Å². The van der Waals surface area contributed by atoms with Gasteiger partial charge < -0.3 is 15.5 Å². The van der Waals surface area contributed by atoms with Gasteiger partial charge in [0.1, 0.15) is 6.42 Å². The number of carbonyl (C=O) groups is 1. The van der Waals surface area contributed by atoms with Crippen LogP contribution in [0.15, 0.2) is 36.5 Å². The predicted molar refractivity (Wildman–Crippen MR) is 95.2 cm³/mol. The van der Waals surface area contributed by atoms with E-state index in [1.165, 1.54) is 0 Å². The van der Waals surface area contributed by atoms with Crippen molar-refractivity contribution < 1.29 is 9.18 Å². The number of carbonyl (C=O) groups excluding carboxylic acids is 1. The monoisotopic (exact) mass is 354 g/mol. The van der Waals surface area contributed by atoms with Crippen LogP contribution in [-0.2, 0) is 4.79 Å². The predicted octanol–water partition coefficient (Wildman–Crippen LogP) is 2.68. The van der Waals surface area contributed by atoms with Crippen LogP contribution in [0.3, 0.4) is 0 Å². The molecule has 0 aliphatic carbocycles. The number of benzene rings is 1. The lowest BCUT2D eigenvalue weighted by Gasteiger charge is -2.24. The van der Waals surface area contributed by atoms with Gasteiger partial charge in [-0.2, -0.15) is 10.2 Å². The zero-order valence-corrected chi connectivity index (χ0v) is 14.2. The van der Waals surface area contributed by atoms with E-state index in [1.54, 1.807) is 4.90 Å². The van der Waals surface area contributed by atoms with E-state index in [0.717, 1.165) is 24.7 Å². The largest absolute Gasteiger partial charge is 0.365 e. The van der Waals surface area contributed by atoms with Crippen molar-refractivity contribution in [3.63, 3.8) is 0 Å². The number of hydrogen-bond acceptors (Lipinski definition) is 6. The SMILES string of the molecule is N#CCC(=O)N1CCCC1CNc1nc(Nc2ccccc2)ncc1F. The minimum absolute atomic E-state index is 0.0734. The first-order valence-corrected chi connectivity index (χ1v) is 8.42. The average Bonchev–Trinajstić information content (AvgIpc) is 3.12. The normalized spacial score (nSPS) is 16.2. The molecule has 1 fully saturated rings. The van der Waals surface area contributed by atoms with Crippen molar-refractivity contribution in [2.75, 3.05) is 23.7 Å². The molecule has 0 saturated carbocycles. The van der Waals surface area contributed by atoms with Gasteiger partial charge in [0.2, 0.25) is 11.9 Å². The van der Waals surface area contributed by atoms with Crippen LogP contribution in [0.1, 0.15) is 19.3 Å². The van der Waals surface area contributed by atoms with Gasteiger partial charge in [-0.15, -0.1) is 0 Å². The van der Waals surface area contributed by atoms with Gasteiger partial charge >= 0.3 is 0 Å². The lowest BCUT2D eigenvalue weighted by Crippen LogP contribution is -2.39. The van der Waals surface area contributed by atoms with E-state index >= 15 is 0 Å². The molecular formula is C18H19FN6O. The first kappa shape index (κ1) is 17.6. The Bertz CT molecular complexity index is 807. The summed E-state index contributed by atoms with van der Waals surface area (Å²) in [5.41, 5.74) is 0.800. The molecule has 0 radical (unpaired) electrons. The highest BCUT2D eigenvalue weighted by Crippen LogP contribution is 2.20. The molecule has 1 saturated heterocycles. The zero-order chi connectivity index (χ0) is 18.4. The summed E-state index contributed by atoms with van der Waals surface area (Å²) >= 11 is 0. The van der Waals surface area contributed by atoms with Crippen LogP contribution in [0.2, 0.25) is 0 Å². The summed E-state index contributed by atoms with van der Waals surface area (Å²) < 4.78 is 14.0. The number of rotatable bonds is 6. The van der Waals surface area contributed by atoms with Crippen molar-refractivity contribution in [1.82, 2.24) is 14.9 Å². The smallest absolute Gasteiger partial charge is 0.237 e. The van der Waals surface area contributed by atoms with Crippen LogP contribution in [0.4, 0.5) is 21.8 Å². The van der Waals surface area contributed by atoms with Crippen LogP contribution in [0, 0.1) is 17.1 Å². The van der Waals surface area contributed by atoms with Crippen molar-refractivity contribution in [3.05, 3.63) is 42.3 Å². The highest BCUT2D eigenvalue weighted by atomic mass is 19.1. The second-order valence-electron chi connectivity index (χ2n) is 5.98. The molecule has 1 aliphatic heterocycles. The van der Waals surface area contributed by atoms with Crippen molar-refractivity contribution in [3.8, 4) is 6.07 Å². The molecule has 2 heterocycles. The first-order valence-electron chi connectivity index (χ1n) is 8.42. The Hall–Kier alpha value is -3.21. The molecule has 1 amide bonds. The first-order chi connectivity index (χ1) is 12.7. The Morgan fingerprint density at radius 1 is 1.38 bits per heavy atom. The number of aromatic nitrogens is 2. The number of likely N-dealkylation sites (tertiary alicyclic amines) is 1. The molecule has 0 bridgehead atoms. The zero-order valence-electron chi connectivity index (χ0n) is 14.2. The summed E-state index contributed by atoms with van der Waals surface area (Å²) in [5, 5.41) is 14.7. The molecule has 3 rings (SSSR count). The van der Waals surface area contributed by atoms with Crippen LogP contribution in [0.5, 0.6) is 0 Å². The van der Waals surface area contributed by atoms with Crippen LogP contribution < -0.4 is 10.6 Å². The quantitative estimate of drug-likeness (QED) is 0.828. The maximum Gasteiger partial charge on any atom is 0.237 e. The van der Waals surface area contributed by atoms with Gasteiger partial charge in [0.15, 0.2) is 11.6 Å². The Balaban J connectivity index is 1.65. The molecule has 26 heavy (non-hydrogen) atoms. The third-order valence-electron chi connectivity index (χ3n) is 4.21. The Labute approximate surface area is 150 Å². The van der Waals surface area contributed by atoms with Crippen molar-refractivity contribution in [1.29, 1.82) is 5.26 Å². The Morgan fingerprint density at radius 3 is 2.96 bits per heavy atom. The molecule has 1 aromatic carbocycles. The number of hydrogen-bond donors (Lipinski definition) is 2. The molecule has 134 valence electrons. The molecule has 2 N–H and O–H groups in total. The van der Waals surface area contributed by atoms with E-state index in [0.29, 0.717) is 13.1 Å². The molecular weight excluding hydrogens is 335 g/mol. The van der Waals surface area contributed by atoms with Gasteiger partial charge in [-0.1, -0.05) is 18.2 Å². The number of nitriles is 1. The van der Waals surface area contributed by atoms with Crippen LogP contribution in [-0.4, -0.2) is 39.9 Å². The molecule has 2 aromatic rings. The second-order valence-corrected chi connectivity index (χ2v) is 5.98. The van der Waals surface area contributed by atoms with Gasteiger partial charge in [-0.25, -0.2) is 9.37 Å². The molecule has 0 spiro atoms. The summed E-state index contributed by atoms with van der Waals surface area (Å²) in [5.74, 6) is -0.384. The fraction of sp³-hybridized carbons (Fsp3) is 0.333. The third-order valence-corrected chi connectivity index (χ3v) is 4.21. The van der Waals surface area contributed by atoms with E-state index in [-0.39, 0.29) is 30.1 Å². The summed E-state index contributed by atoms with van der Waals surface area (Å²) in [6.45, 7) is 0.996. The summed E-state index contributed by atoms with van der Waals surface area (Å²) in [7, 11) is 0. The average molecular weight is 354 g/mol. The molecule has 7 nitrogen and oxygen atoms in total. The third kappa shape index (κ3) is 4.25. The van der Waals surface area contributed by atoms with Crippen LogP contribution >= 0.6 is 0 Å². The minimum Gasteiger partial charge on any atom is -0.365 e.